The number of nitrogens with two attached hydrogens (primary N) is 1. The minimum absolute atomic E-state index is 0.547. The van der Waals surface area contributed by atoms with Gasteiger partial charge in [0, 0.05) is 22.3 Å². The van der Waals surface area contributed by atoms with E-state index in [2.05, 4.69) is 0 Å². The zero-order chi connectivity index (χ0) is 9.84. The van der Waals surface area contributed by atoms with E-state index in [1.165, 1.54) is 0 Å². The molecule has 0 saturated carbocycles. The van der Waals surface area contributed by atoms with Gasteiger partial charge in [-0.05, 0) is 17.7 Å². The number of benzene rings is 1. The molecule has 1 aromatic rings. The molecule has 2 N–H and O–H groups in total. The van der Waals surface area contributed by atoms with Crippen molar-refractivity contribution in [2.75, 3.05) is 11.5 Å². The summed E-state index contributed by atoms with van der Waals surface area (Å²) >= 11 is 5.75. The number of hydrogen-bond acceptors (Lipinski definition) is 2. The molecule has 0 spiro atoms. The summed E-state index contributed by atoms with van der Waals surface area (Å²) < 4.78 is 11.2. The lowest BCUT2D eigenvalue weighted by atomic mass is 10.2. The molecule has 0 radical (unpaired) electrons. The number of halogens is 1. The van der Waals surface area contributed by atoms with E-state index >= 15 is 0 Å². The minimum atomic E-state index is -0.791. The Morgan fingerprint density at radius 1 is 1.54 bits per heavy atom. The van der Waals surface area contributed by atoms with E-state index in [9.17, 15) is 4.21 Å². The third kappa shape index (κ3) is 3.01. The molecule has 2 nitrogen and oxygen atoms in total. The van der Waals surface area contributed by atoms with E-state index < -0.39 is 10.8 Å². The van der Waals surface area contributed by atoms with Crippen LogP contribution in [-0.2, 0) is 16.6 Å². The van der Waals surface area contributed by atoms with Gasteiger partial charge < -0.3 is 5.73 Å². The summed E-state index contributed by atoms with van der Waals surface area (Å²) in [6, 6.07) is 5.36. The van der Waals surface area contributed by atoms with Gasteiger partial charge in [0.1, 0.15) is 0 Å². The van der Waals surface area contributed by atoms with E-state index in [0.717, 1.165) is 5.56 Å². The van der Waals surface area contributed by atoms with E-state index in [1.54, 1.807) is 12.1 Å². The molecule has 1 rings (SSSR count). The first kappa shape index (κ1) is 10.5. The van der Waals surface area contributed by atoms with Gasteiger partial charge in [-0.15, -0.1) is 0 Å². The summed E-state index contributed by atoms with van der Waals surface area (Å²) in [5.41, 5.74) is 7.13. The highest BCUT2D eigenvalue weighted by Gasteiger charge is 2.01. The van der Waals surface area contributed by atoms with Crippen LogP contribution in [0.2, 0.25) is 5.02 Å². The maximum Gasteiger partial charge on any atom is 0.0635 e. The van der Waals surface area contributed by atoms with Crippen molar-refractivity contribution in [1.29, 1.82) is 0 Å². The largest absolute Gasteiger partial charge is 0.398 e. The predicted octanol–water partition coefficient (Wildman–Crippen LogP) is 2.19. The van der Waals surface area contributed by atoms with E-state index in [0.29, 0.717) is 22.2 Å². The van der Waals surface area contributed by atoms with Crippen molar-refractivity contribution in [2.24, 2.45) is 0 Å². The Morgan fingerprint density at radius 3 is 2.77 bits per heavy atom. The minimum Gasteiger partial charge on any atom is -0.398 e. The number of anilines is 1. The molecule has 0 heterocycles. The quantitative estimate of drug-likeness (QED) is 0.789. The Labute approximate surface area is 85.5 Å². The van der Waals surface area contributed by atoms with E-state index in [4.69, 9.17) is 17.3 Å². The van der Waals surface area contributed by atoms with Gasteiger partial charge in [0.25, 0.3) is 0 Å². The van der Waals surface area contributed by atoms with Crippen molar-refractivity contribution in [3.63, 3.8) is 0 Å². The molecule has 1 unspecified atom stereocenters. The molecular weight excluding hydrogens is 206 g/mol. The molecule has 0 aliphatic heterocycles. The van der Waals surface area contributed by atoms with Crippen molar-refractivity contribution < 1.29 is 4.21 Å². The Kier molecular flexibility index (Phi) is 3.75. The van der Waals surface area contributed by atoms with Gasteiger partial charge in [-0.25, -0.2) is 0 Å². The normalized spacial score (nSPS) is 12.8. The molecule has 72 valence electrons. The second-order valence-electron chi connectivity index (χ2n) is 2.73. The smallest absolute Gasteiger partial charge is 0.0635 e. The summed E-state index contributed by atoms with van der Waals surface area (Å²) in [5.74, 6) is 1.22. The number of rotatable bonds is 3. The predicted molar refractivity (Wildman–Crippen MR) is 58.3 cm³/mol. The van der Waals surface area contributed by atoms with Crippen LogP contribution in [0.15, 0.2) is 18.2 Å². The van der Waals surface area contributed by atoms with Crippen LogP contribution in [0, 0.1) is 0 Å². The first-order chi connectivity index (χ1) is 6.13. The van der Waals surface area contributed by atoms with E-state index in [1.807, 2.05) is 13.0 Å². The standard InChI is InChI=1S/C9H12ClNOS/c1-2-13(12)6-7-3-4-8(10)9(11)5-7/h3-5H,2,6,11H2,1H3. The topological polar surface area (TPSA) is 43.1 Å². The summed E-state index contributed by atoms with van der Waals surface area (Å²) in [6.45, 7) is 1.90. The fourth-order valence-corrected chi connectivity index (χ4v) is 1.84. The summed E-state index contributed by atoms with van der Waals surface area (Å²) in [5, 5.41) is 0.547. The molecule has 0 aromatic heterocycles. The second kappa shape index (κ2) is 4.63. The molecule has 0 aliphatic carbocycles. The maximum absolute atomic E-state index is 11.2. The van der Waals surface area contributed by atoms with Gasteiger partial charge in [-0.3, -0.25) is 4.21 Å². The Bertz CT molecular complexity index is 327. The van der Waals surface area contributed by atoms with Gasteiger partial charge in [-0.1, -0.05) is 24.6 Å². The van der Waals surface area contributed by atoms with Crippen LogP contribution in [-0.4, -0.2) is 9.96 Å². The maximum atomic E-state index is 11.2. The van der Waals surface area contributed by atoms with Crippen LogP contribution in [0.5, 0.6) is 0 Å². The zero-order valence-corrected chi connectivity index (χ0v) is 8.99. The molecule has 13 heavy (non-hydrogen) atoms. The number of hydrogen-bond donors (Lipinski definition) is 1. The fourth-order valence-electron chi connectivity index (χ4n) is 0.971. The van der Waals surface area contributed by atoms with Gasteiger partial charge in [0.15, 0.2) is 0 Å². The molecule has 4 heteroatoms. The highest BCUT2D eigenvalue weighted by atomic mass is 35.5. The molecule has 0 amide bonds. The average molecular weight is 218 g/mol. The number of nitrogen functional groups attached to an aromatic ring is 1. The first-order valence-electron chi connectivity index (χ1n) is 4.02. The van der Waals surface area contributed by atoms with Gasteiger partial charge in [-0.2, -0.15) is 0 Å². The third-order valence-electron chi connectivity index (χ3n) is 1.71. The Hall–Kier alpha value is -0.540. The van der Waals surface area contributed by atoms with Crippen LogP contribution in [0.25, 0.3) is 0 Å². The Morgan fingerprint density at radius 2 is 2.23 bits per heavy atom. The zero-order valence-electron chi connectivity index (χ0n) is 7.42. The van der Waals surface area contributed by atoms with Crippen LogP contribution in [0.3, 0.4) is 0 Å². The van der Waals surface area contributed by atoms with Crippen molar-refractivity contribution >= 4 is 28.1 Å². The summed E-state index contributed by atoms with van der Waals surface area (Å²) in [4.78, 5) is 0. The third-order valence-corrected chi connectivity index (χ3v) is 3.35. The van der Waals surface area contributed by atoms with Gasteiger partial charge in [0.05, 0.1) is 10.7 Å². The van der Waals surface area contributed by atoms with Crippen molar-refractivity contribution in [3.8, 4) is 0 Å². The van der Waals surface area contributed by atoms with E-state index in [-0.39, 0.29) is 0 Å². The molecule has 0 fully saturated rings. The van der Waals surface area contributed by atoms with Crippen molar-refractivity contribution in [3.05, 3.63) is 28.8 Å². The second-order valence-corrected chi connectivity index (χ2v) is 4.88. The fraction of sp³-hybridized carbons (Fsp3) is 0.333. The highest BCUT2D eigenvalue weighted by Crippen LogP contribution is 2.20. The SMILES string of the molecule is CCS(=O)Cc1ccc(Cl)c(N)c1. The lowest BCUT2D eigenvalue weighted by molar-refractivity contribution is 0.683. The summed E-state index contributed by atoms with van der Waals surface area (Å²) in [7, 11) is -0.791. The lowest BCUT2D eigenvalue weighted by Crippen LogP contribution is -1.98. The van der Waals surface area contributed by atoms with Crippen LogP contribution in [0.1, 0.15) is 12.5 Å². The average Bonchev–Trinajstić information content (AvgIpc) is 2.11. The van der Waals surface area contributed by atoms with Gasteiger partial charge in [0.2, 0.25) is 0 Å². The van der Waals surface area contributed by atoms with Crippen LogP contribution >= 0.6 is 11.6 Å². The van der Waals surface area contributed by atoms with Crippen molar-refractivity contribution in [1.82, 2.24) is 0 Å². The van der Waals surface area contributed by atoms with Gasteiger partial charge >= 0.3 is 0 Å². The first-order valence-corrected chi connectivity index (χ1v) is 5.89. The molecular formula is C9H12ClNOS. The molecule has 0 aliphatic rings. The molecule has 1 atom stereocenters. The monoisotopic (exact) mass is 217 g/mol. The molecule has 1 aromatic carbocycles. The molecule has 0 bridgehead atoms. The summed E-state index contributed by atoms with van der Waals surface area (Å²) in [6.07, 6.45) is 0. The van der Waals surface area contributed by atoms with Crippen LogP contribution < -0.4 is 5.73 Å². The Balaban J connectivity index is 2.79. The highest BCUT2D eigenvalue weighted by molar-refractivity contribution is 7.84. The lowest BCUT2D eigenvalue weighted by Gasteiger charge is -2.02. The van der Waals surface area contributed by atoms with Crippen molar-refractivity contribution in [2.45, 2.75) is 12.7 Å². The van der Waals surface area contributed by atoms with Crippen LogP contribution in [0.4, 0.5) is 5.69 Å². The molecule has 0 saturated heterocycles.